The summed E-state index contributed by atoms with van der Waals surface area (Å²) >= 11 is 0. The van der Waals surface area contributed by atoms with Crippen molar-refractivity contribution in [1.82, 2.24) is 0 Å². The Morgan fingerprint density at radius 1 is 1.33 bits per heavy atom. The van der Waals surface area contributed by atoms with Gasteiger partial charge < -0.3 is 29.4 Å². The Kier molecular flexibility index (Phi) is 4.74. The van der Waals surface area contributed by atoms with Crippen molar-refractivity contribution < 1.29 is 28.5 Å². The van der Waals surface area contributed by atoms with Gasteiger partial charge in [-0.1, -0.05) is 6.92 Å². The van der Waals surface area contributed by atoms with Crippen molar-refractivity contribution in [3.05, 3.63) is 11.6 Å². The maximum atomic E-state index is 11.8. The van der Waals surface area contributed by atoms with Gasteiger partial charge in [-0.2, -0.15) is 0 Å². The van der Waals surface area contributed by atoms with Crippen molar-refractivity contribution in [2.45, 2.75) is 19.6 Å². The third kappa shape index (κ3) is 2.97. The highest BCUT2D eigenvalue weighted by Gasteiger charge is 2.29. The average molecular weight is 297 g/mol. The molecule has 0 bridgehead atoms. The molecule has 2 rings (SSSR count). The molecule has 1 aliphatic heterocycles. The van der Waals surface area contributed by atoms with Gasteiger partial charge in [-0.05, 0) is 0 Å². The normalized spacial score (nSPS) is 14.4. The summed E-state index contributed by atoms with van der Waals surface area (Å²) in [7, 11) is 2.82. The first kappa shape index (κ1) is 15.2. The zero-order chi connectivity index (χ0) is 15.4. The van der Waals surface area contributed by atoms with Crippen LogP contribution in [0.15, 0.2) is 6.07 Å². The molecule has 1 aliphatic rings. The van der Waals surface area contributed by atoms with E-state index in [0.717, 1.165) is 0 Å². The molecule has 0 saturated heterocycles. The minimum Gasteiger partial charge on any atom is -0.485 e. The zero-order valence-electron chi connectivity index (χ0n) is 12.3. The van der Waals surface area contributed by atoms with E-state index in [1.54, 1.807) is 7.11 Å². The lowest BCUT2D eigenvalue weighted by Gasteiger charge is -2.25. The van der Waals surface area contributed by atoms with Gasteiger partial charge in [0.25, 0.3) is 0 Å². The van der Waals surface area contributed by atoms with Crippen molar-refractivity contribution in [3.63, 3.8) is 0 Å². The molecule has 2 N–H and O–H groups in total. The van der Waals surface area contributed by atoms with Gasteiger partial charge in [-0.15, -0.1) is 0 Å². The number of esters is 1. The number of hydrogen-bond donors (Lipinski definition) is 1. The van der Waals surface area contributed by atoms with Gasteiger partial charge in [0, 0.05) is 19.6 Å². The van der Waals surface area contributed by atoms with E-state index in [1.165, 1.54) is 13.2 Å². The highest BCUT2D eigenvalue weighted by atomic mass is 16.7. The SMILES string of the molecule is CCC(OC)Oc1cc(N)c(C(=O)OC)c2c1OCCO2. The summed E-state index contributed by atoms with van der Waals surface area (Å²) in [6.45, 7) is 2.60. The highest BCUT2D eigenvalue weighted by molar-refractivity contribution is 6.00. The van der Waals surface area contributed by atoms with Crippen LogP contribution in [0.4, 0.5) is 5.69 Å². The molecule has 0 aromatic heterocycles. The van der Waals surface area contributed by atoms with E-state index in [2.05, 4.69) is 0 Å². The minimum atomic E-state index is -0.584. The van der Waals surface area contributed by atoms with E-state index < -0.39 is 12.3 Å². The molecule has 1 atom stereocenters. The largest absolute Gasteiger partial charge is 0.485 e. The molecule has 0 spiro atoms. The predicted octanol–water partition coefficient (Wildman–Crippen LogP) is 1.59. The van der Waals surface area contributed by atoms with E-state index in [1.807, 2.05) is 6.92 Å². The topological polar surface area (TPSA) is 89.2 Å². The van der Waals surface area contributed by atoms with Crippen LogP contribution in [0.3, 0.4) is 0 Å². The summed E-state index contributed by atoms with van der Waals surface area (Å²) in [5.74, 6) is 0.378. The van der Waals surface area contributed by atoms with Gasteiger partial charge in [-0.25, -0.2) is 4.79 Å². The van der Waals surface area contributed by atoms with Crippen molar-refractivity contribution in [2.24, 2.45) is 0 Å². The molecule has 1 aromatic carbocycles. The number of ether oxygens (including phenoxy) is 5. The van der Waals surface area contributed by atoms with Crippen LogP contribution in [-0.2, 0) is 9.47 Å². The number of rotatable bonds is 5. The lowest BCUT2D eigenvalue weighted by Crippen LogP contribution is -2.22. The second-order valence-corrected chi connectivity index (χ2v) is 4.38. The summed E-state index contributed by atoms with van der Waals surface area (Å²) in [5.41, 5.74) is 6.27. The quantitative estimate of drug-likeness (QED) is 0.501. The molecule has 0 fully saturated rings. The number of fused-ring (bicyclic) bond motifs is 1. The lowest BCUT2D eigenvalue weighted by atomic mass is 10.1. The molecule has 1 heterocycles. The van der Waals surface area contributed by atoms with E-state index in [4.69, 9.17) is 29.4 Å². The summed E-state index contributed by atoms with van der Waals surface area (Å²) in [6.07, 6.45) is 0.202. The maximum absolute atomic E-state index is 11.8. The molecule has 116 valence electrons. The summed E-state index contributed by atoms with van der Waals surface area (Å²) in [4.78, 5) is 11.8. The van der Waals surface area contributed by atoms with Gasteiger partial charge >= 0.3 is 5.97 Å². The summed E-state index contributed by atoms with van der Waals surface area (Å²) in [5, 5.41) is 0. The molecule has 7 heteroatoms. The van der Waals surface area contributed by atoms with Crippen LogP contribution in [0.2, 0.25) is 0 Å². The Morgan fingerprint density at radius 3 is 2.57 bits per heavy atom. The van der Waals surface area contributed by atoms with E-state index in [9.17, 15) is 4.79 Å². The Bertz CT molecular complexity index is 527. The number of anilines is 1. The molecule has 1 aromatic rings. The standard InChI is InChI=1S/C14H19NO6/c1-4-10(17-2)21-9-7-8(15)11(14(16)18-3)13-12(9)19-5-6-20-13/h7,10H,4-6,15H2,1-3H3. The van der Waals surface area contributed by atoms with Crippen LogP contribution in [-0.4, -0.2) is 39.7 Å². The molecule has 0 saturated carbocycles. The Balaban J connectivity index is 2.48. The van der Waals surface area contributed by atoms with Crippen molar-refractivity contribution in [3.8, 4) is 17.2 Å². The van der Waals surface area contributed by atoms with Crippen LogP contribution in [0.1, 0.15) is 23.7 Å². The fourth-order valence-corrected chi connectivity index (χ4v) is 2.04. The number of nitrogen functional groups attached to an aromatic ring is 1. The first-order valence-corrected chi connectivity index (χ1v) is 6.62. The monoisotopic (exact) mass is 297 g/mol. The number of hydrogen-bond acceptors (Lipinski definition) is 7. The van der Waals surface area contributed by atoms with Crippen molar-refractivity contribution in [2.75, 3.05) is 33.2 Å². The maximum Gasteiger partial charge on any atom is 0.343 e. The molecular formula is C14H19NO6. The van der Waals surface area contributed by atoms with E-state index in [0.29, 0.717) is 31.1 Å². The van der Waals surface area contributed by atoms with Crippen LogP contribution in [0, 0.1) is 0 Å². The first-order chi connectivity index (χ1) is 10.1. The number of carbonyl (C=O) groups is 1. The number of carbonyl (C=O) groups excluding carboxylic acids is 1. The molecule has 7 nitrogen and oxygen atoms in total. The van der Waals surface area contributed by atoms with Crippen LogP contribution in [0.5, 0.6) is 17.2 Å². The number of methoxy groups -OCH3 is 2. The fraction of sp³-hybridized carbons (Fsp3) is 0.500. The smallest absolute Gasteiger partial charge is 0.343 e. The second kappa shape index (κ2) is 6.53. The Labute approximate surface area is 122 Å². The third-order valence-electron chi connectivity index (χ3n) is 3.05. The first-order valence-electron chi connectivity index (χ1n) is 6.62. The highest BCUT2D eigenvalue weighted by Crippen LogP contribution is 2.45. The molecule has 0 aliphatic carbocycles. The lowest BCUT2D eigenvalue weighted by molar-refractivity contribution is -0.0568. The molecular weight excluding hydrogens is 278 g/mol. The second-order valence-electron chi connectivity index (χ2n) is 4.38. The van der Waals surface area contributed by atoms with Crippen LogP contribution < -0.4 is 19.9 Å². The predicted molar refractivity (Wildman–Crippen MR) is 74.9 cm³/mol. The van der Waals surface area contributed by atoms with Crippen LogP contribution >= 0.6 is 0 Å². The summed E-state index contributed by atoms with van der Waals surface area (Å²) in [6, 6.07) is 1.52. The molecule has 21 heavy (non-hydrogen) atoms. The number of nitrogens with two attached hydrogens (primary N) is 1. The van der Waals surface area contributed by atoms with Crippen LogP contribution in [0.25, 0.3) is 0 Å². The van der Waals surface area contributed by atoms with E-state index in [-0.39, 0.29) is 17.0 Å². The van der Waals surface area contributed by atoms with Gasteiger partial charge in [0.1, 0.15) is 18.8 Å². The van der Waals surface area contributed by atoms with Gasteiger partial charge in [0.15, 0.2) is 17.8 Å². The Hall–Kier alpha value is -2.15. The Morgan fingerprint density at radius 2 is 2.00 bits per heavy atom. The minimum absolute atomic E-state index is 0.144. The van der Waals surface area contributed by atoms with Gasteiger partial charge in [-0.3, -0.25) is 0 Å². The fourth-order valence-electron chi connectivity index (χ4n) is 2.04. The summed E-state index contributed by atoms with van der Waals surface area (Å²) < 4.78 is 26.7. The van der Waals surface area contributed by atoms with E-state index >= 15 is 0 Å². The van der Waals surface area contributed by atoms with Gasteiger partial charge in [0.05, 0.1) is 12.8 Å². The van der Waals surface area contributed by atoms with Crippen molar-refractivity contribution >= 4 is 11.7 Å². The molecule has 0 amide bonds. The van der Waals surface area contributed by atoms with Gasteiger partial charge in [0.2, 0.25) is 5.75 Å². The average Bonchev–Trinajstić information content (AvgIpc) is 2.51. The third-order valence-corrected chi connectivity index (χ3v) is 3.05. The van der Waals surface area contributed by atoms with Crippen molar-refractivity contribution in [1.29, 1.82) is 0 Å². The molecule has 0 radical (unpaired) electrons. The zero-order valence-corrected chi connectivity index (χ0v) is 12.3. The number of benzene rings is 1. The molecule has 1 unspecified atom stereocenters.